The number of amides is 1. The number of benzene rings is 1. The van der Waals surface area contributed by atoms with Gasteiger partial charge in [-0.05, 0) is 38.0 Å². The summed E-state index contributed by atoms with van der Waals surface area (Å²) in [5.41, 5.74) is 0.955. The lowest BCUT2D eigenvalue weighted by atomic mass is 10.1. The Morgan fingerprint density at radius 2 is 2.00 bits per heavy atom. The van der Waals surface area contributed by atoms with Crippen LogP contribution in [0.25, 0.3) is 0 Å². The molecule has 1 aromatic carbocycles. The van der Waals surface area contributed by atoms with E-state index in [1.54, 1.807) is 18.5 Å². The maximum atomic E-state index is 12.8. The smallest absolute Gasteiger partial charge is 0.220 e. The molecule has 0 aliphatic rings. The third-order valence-electron chi connectivity index (χ3n) is 3.43. The van der Waals surface area contributed by atoms with Crippen molar-refractivity contribution in [3.8, 4) is 0 Å². The first-order valence-electron chi connectivity index (χ1n) is 7.46. The van der Waals surface area contributed by atoms with Crippen molar-refractivity contribution >= 4 is 5.91 Å². The van der Waals surface area contributed by atoms with Gasteiger partial charge in [0.15, 0.2) is 0 Å². The van der Waals surface area contributed by atoms with E-state index in [0.717, 1.165) is 11.4 Å². The zero-order valence-corrected chi connectivity index (χ0v) is 12.9. The van der Waals surface area contributed by atoms with Gasteiger partial charge in [-0.2, -0.15) is 0 Å². The van der Waals surface area contributed by atoms with Crippen molar-refractivity contribution in [1.82, 2.24) is 20.1 Å². The fourth-order valence-corrected chi connectivity index (χ4v) is 2.19. The van der Waals surface area contributed by atoms with Crippen molar-refractivity contribution in [3.63, 3.8) is 0 Å². The van der Waals surface area contributed by atoms with Crippen LogP contribution in [0.4, 0.5) is 4.39 Å². The number of nitrogens with zero attached hydrogens (tertiary/aromatic N) is 3. The molecular formula is C16H21FN4O. The largest absolute Gasteiger partial charge is 0.356 e. The highest BCUT2D eigenvalue weighted by Crippen LogP contribution is 2.07. The van der Waals surface area contributed by atoms with Gasteiger partial charge in [-0.3, -0.25) is 4.79 Å². The molecule has 2 rings (SSSR count). The molecule has 1 amide bonds. The summed E-state index contributed by atoms with van der Waals surface area (Å²) in [6, 6.07) is 6.53. The second kappa shape index (κ2) is 7.68. The van der Waals surface area contributed by atoms with Gasteiger partial charge in [0.05, 0.1) is 0 Å². The number of carbonyl (C=O) groups is 1. The molecule has 6 heteroatoms. The molecule has 0 aliphatic heterocycles. The number of nitrogens with one attached hydrogen (secondary N) is 1. The van der Waals surface area contributed by atoms with Crippen LogP contribution in [0.5, 0.6) is 0 Å². The lowest BCUT2D eigenvalue weighted by molar-refractivity contribution is -0.121. The molecule has 0 aliphatic carbocycles. The Labute approximate surface area is 129 Å². The van der Waals surface area contributed by atoms with E-state index in [-0.39, 0.29) is 11.7 Å². The summed E-state index contributed by atoms with van der Waals surface area (Å²) in [5.74, 6) is 0.594. The number of aryl methyl sites for hydroxylation is 1. The van der Waals surface area contributed by atoms with Gasteiger partial charge in [-0.15, -0.1) is 10.2 Å². The maximum absolute atomic E-state index is 12.8. The molecule has 0 saturated heterocycles. The Morgan fingerprint density at radius 1 is 1.27 bits per heavy atom. The van der Waals surface area contributed by atoms with Gasteiger partial charge in [0.25, 0.3) is 0 Å². The summed E-state index contributed by atoms with van der Waals surface area (Å²) in [6.07, 6.45) is 3.35. The minimum atomic E-state index is -0.262. The van der Waals surface area contributed by atoms with Crippen LogP contribution in [-0.2, 0) is 17.6 Å². The minimum Gasteiger partial charge on any atom is -0.356 e. The normalized spacial score (nSPS) is 10.9. The molecule has 0 fully saturated rings. The first-order valence-corrected chi connectivity index (χ1v) is 7.46. The van der Waals surface area contributed by atoms with Crippen LogP contribution < -0.4 is 5.32 Å². The molecule has 1 heterocycles. The molecule has 0 unspecified atom stereocenters. The van der Waals surface area contributed by atoms with Crippen molar-refractivity contribution in [2.24, 2.45) is 0 Å². The Hall–Kier alpha value is -2.24. The molecule has 118 valence electrons. The van der Waals surface area contributed by atoms with Crippen molar-refractivity contribution in [2.45, 2.75) is 39.2 Å². The predicted octanol–water partition coefficient (Wildman–Crippen LogP) is 2.29. The molecule has 0 radical (unpaired) electrons. The van der Waals surface area contributed by atoms with E-state index >= 15 is 0 Å². The summed E-state index contributed by atoms with van der Waals surface area (Å²) in [7, 11) is 0. The van der Waals surface area contributed by atoms with Gasteiger partial charge >= 0.3 is 0 Å². The number of hydrogen-bond donors (Lipinski definition) is 1. The van der Waals surface area contributed by atoms with Crippen molar-refractivity contribution in [1.29, 1.82) is 0 Å². The molecule has 1 aromatic heterocycles. The first kappa shape index (κ1) is 16.1. The van der Waals surface area contributed by atoms with E-state index in [1.165, 1.54) is 12.1 Å². The van der Waals surface area contributed by atoms with Crippen LogP contribution in [0.15, 0.2) is 30.6 Å². The zero-order valence-electron chi connectivity index (χ0n) is 12.9. The number of aromatic nitrogens is 3. The van der Waals surface area contributed by atoms with Crippen LogP contribution in [-0.4, -0.2) is 27.2 Å². The van der Waals surface area contributed by atoms with Crippen molar-refractivity contribution in [3.05, 3.63) is 47.8 Å². The molecule has 0 atom stereocenters. The average Bonchev–Trinajstić information content (AvgIpc) is 2.95. The van der Waals surface area contributed by atoms with Crippen LogP contribution in [0.2, 0.25) is 0 Å². The second-order valence-corrected chi connectivity index (χ2v) is 5.47. The highest BCUT2D eigenvalue weighted by atomic mass is 19.1. The standard InChI is InChI=1S/C16H21FN4O/c1-12(2)21-11-19-20-15(21)9-10-18-16(22)8-5-13-3-6-14(17)7-4-13/h3-4,6-7,11-12H,5,8-10H2,1-2H3,(H,18,22). The minimum absolute atomic E-state index is 0.0139. The number of halogens is 1. The molecule has 0 bridgehead atoms. The summed E-state index contributed by atoms with van der Waals surface area (Å²) < 4.78 is 14.8. The van der Waals surface area contributed by atoms with Gasteiger partial charge in [0.1, 0.15) is 18.0 Å². The number of carbonyl (C=O) groups excluding carboxylic acids is 1. The van der Waals surface area contributed by atoms with Gasteiger partial charge in [-0.1, -0.05) is 12.1 Å². The zero-order chi connectivity index (χ0) is 15.9. The topological polar surface area (TPSA) is 59.8 Å². The molecule has 0 saturated carbocycles. The van der Waals surface area contributed by atoms with Crippen LogP contribution >= 0.6 is 0 Å². The molecule has 5 nitrogen and oxygen atoms in total. The fraction of sp³-hybridized carbons (Fsp3) is 0.438. The highest BCUT2D eigenvalue weighted by Gasteiger charge is 2.08. The average molecular weight is 304 g/mol. The molecular weight excluding hydrogens is 283 g/mol. The molecule has 1 N–H and O–H groups in total. The third kappa shape index (κ3) is 4.65. The highest BCUT2D eigenvalue weighted by molar-refractivity contribution is 5.76. The van der Waals surface area contributed by atoms with E-state index in [0.29, 0.717) is 31.8 Å². The van der Waals surface area contributed by atoms with Crippen LogP contribution in [0.3, 0.4) is 0 Å². The van der Waals surface area contributed by atoms with Crippen LogP contribution in [0.1, 0.15) is 37.7 Å². The van der Waals surface area contributed by atoms with Crippen molar-refractivity contribution in [2.75, 3.05) is 6.54 Å². The van der Waals surface area contributed by atoms with Gasteiger partial charge in [-0.25, -0.2) is 4.39 Å². The maximum Gasteiger partial charge on any atom is 0.220 e. The van der Waals surface area contributed by atoms with Crippen LogP contribution in [0, 0.1) is 5.82 Å². The van der Waals surface area contributed by atoms with Gasteiger partial charge in [0.2, 0.25) is 5.91 Å². The fourth-order valence-electron chi connectivity index (χ4n) is 2.19. The molecule has 2 aromatic rings. The summed E-state index contributed by atoms with van der Waals surface area (Å²) in [5, 5.41) is 10.8. The lowest BCUT2D eigenvalue weighted by Gasteiger charge is -2.10. The Bertz CT molecular complexity index is 607. The summed E-state index contributed by atoms with van der Waals surface area (Å²) >= 11 is 0. The van der Waals surface area contributed by atoms with E-state index in [2.05, 4.69) is 29.4 Å². The monoisotopic (exact) mass is 304 g/mol. The third-order valence-corrected chi connectivity index (χ3v) is 3.43. The summed E-state index contributed by atoms with van der Waals surface area (Å²) in [4.78, 5) is 11.8. The van der Waals surface area contributed by atoms with Gasteiger partial charge < -0.3 is 9.88 Å². The lowest BCUT2D eigenvalue weighted by Crippen LogP contribution is -2.26. The summed E-state index contributed by atoms with van der Waals surface area (Å²) in [6.45, 7) is 4.66. The van der Waals surface area contributed by atoms with E-state index < -0.39 is 0 Å². The van der Waals surface area contributed by atoms with E-state index in [9.17, 15) is 9.18 Å². The first-order chi connectivity index (χ1) is 10.6. The van der Waals surface area contributed by atoms with Gasteiger partial charge in [0, 0.05) is 25.4 Å². The predicted molar refractivity (Wildman–Crippen MR) is 81.8 cm³/mol. The Kier molecular flexibility index (Phi) is 5.63. The SMILES string of the molecule is CC(C)n1cnnc1CCNC(=O)CCc1ccc(F)cc1. The van der Waals surface area contributed by atoms with E-state index in [1.807, 2.05) is 4.57 Å². The molecule has 0 spiro atoms. The Balaban J connectivity index is 1.71. The number of hydrogen-bond acceptors (Lipinski definition) is 3. The second-order valence-electron chi connectivity index (χ2n) is 5.47. The number of rotatable bonds is 7. The van der Waals surface area contributed by atoms with Crippen molar-refractivity contribution < 1.29 is 9.18 Å². The Morgan fingerprint density at radius 3 is 2.68 bits per heavy atom. The van der Waals surface area contributed by atoms with E-state index in [4.69, 9.17) is 0 Å². The molecule has 22 heavy (non-hydrogen) atoms. The quantitative estimate of drug-likeness (QED) is 0.854.